The summed E-state index contributed by atoms with van der Waals surface area (Å²) in [7, 11) is 0. The number of ether oxygens (including phenoxy) is 1. The number of carbonyl (C=O) groups excluding carboxylic acids is 1. The number of carbonyl (C=O) groups is 1. The van der Waals surface area contributed by atoms with Crippen LogP contribution in [0, 0.1) is 11.3 Å². The predicted octanol–water partition coefficient (Wildman–Crippen LogP) is 3.41. The Kier molecular flexibility index (Phi) is 5.05. The van der Waals surface area contributed by atoms with Crippen molar-refractivity contribution in [2.45, 2.75) is 19.2 Å². The minimum absolute atomic E-state index is 0.0164. The van der Waals surface area contributed by atoms with Crippen molar-refractivity contribution < 1.29 is 18.3 Å². The van der Waals surface area contributed by atoms with Crippen molar-refractivity contribution in [2.24, 2.45) is 0 Å². The highest BCUT2D eigenvalue weighted by atomic mass is 35.5. The maximum atomic E-state index is 12.9. The molecule has 0 N–H and O–H groups in total. The van der Waals surface area contributed by atoms with Crippen LogP contribution in [-0.4, -0.2) is 12.6 Å². The van der Waals surface area contributed by atoms with Crippen LogP contribution in [0.4, 0.5) is 8.78 Å². The van der Waals surface area contributed by atoms with Gasteiger partial charge < -0.3 is 4.74 Å². The highest BCUT2D eigenvalue weighted by molar-refractivity contribution is 6.17. The first kappa shape index (κ1) is 14.4. The highest BCUT2D eigenvalue weighted by Crippen LogP contribution is 2.28. The zero-order valence-corrected chi connectivity index (χ0v) is 10.3. The molecule has 3 nitrogen and oxygen atoms in total. The van der Waals surface area contributed by atoms with E-state index in [1.807, 2.05) is 0 Å². The third-order valence-corrected chi connectivity index (χ3v) is 2.53. The molecular formula is C12H10ClF2NO2. The molecule has 6 heteroatoms. The SMILES string of the molecule is CCOC(=O)c1c(C#N)cc(CCl)cc1C(F)F. The van der Waals surface area contributed by atoms with E-state index >= 15 is 0 Å². The van der Waals surface area contributed by atoms with E-state index in [2.05, 4.69) is 4.74 Å². The monoisotopic (exact) mass is 273 g/mol. The van der Waals surface area contributed by atoms with Crippen molar-refractivity contribution in [1.29, 1.82) is 5.26 Å². The third kappa shape index (κ3) is 2.96. The van der Waals surface area contributed by atoms with Crippen molar-refractivity contribution in [3.05, 3.63) is 34.4 Å². The smallest absolute Gasteiger partial charge is 0.339 e. The van der Waals surface area contributed by atoms with Crippen molar-refractivity contribution >= 4 is 17.6 Å². The lowest BCUT2D eigenvalue weighted by atomic mass is 9.99. The molecule has 0 saturated heterocycles. The van der Waals surface area contributed by atoms with Crippen molar-refractivity contribution in [1.82, 2.24) is 0 Å². The van der Waals surface area contributed by atoms with Crippen LogP contribution in [0.15, 0.2) is 12.1 Å². The summed E-state index contributed by atoms with van der Waals surface area (Å²) < 4.78 is 30.5. The molecule has 0 aliphatic carbocycles. The van der Waals surface area contributed by atoms with Crippen LogP contribution < -0.4 is 0 Å². The van der Waals surface area contributed by atoms with E-state index in [-0.39, 0.29) is 23.6 Å². The van der Waals surface area contributed by atoms with E-state index in [0.717, 1.165) is 6.07 Å². The summed E-state index contributed by atoms with van der Waals surface area (Å²) in [5.74, 6) is -0.942. The summed E-state index contributed by atoms with van der Waals surface area (Å²) in [5, 5.41) is 8.92. The summed E-state index contributed by atoms with van der Waals surface area (Å²) in [6, 6.07) is 4.14. The number of benzene rings is 1. The van der Waals surface area contributed by atoms with E-state index in [4.69, 9.17) is 16.9 Å². The zero-order valence-electron chi connectivity index (χ0n) is 9.54. The van der Waals surface area contributed by atoms with Gasteiger partial charge in [0, 0.05) is 11.4 Å². The van der Waals surface area contributed by atoms with Gasteiger partial charge in [0.15, 0.2) is 0 Å². The number of halogens is 3. The number of rotatable bonds is 4. The second kappa shape index (κ2) is 6.31. The molecule has 0 saturated carbocycles. The van der Waals surface area contributed by atoms with Gasteiger partial charge in [0.1, 0.15) is 6.07 Å². The third-order valence-electron chi connectivity index (χ3n) is 2.22. The predicted molar refractivity (Wildman–Crippen MR) is 61.6 cm³/mol. The van der Waals surface area contributed by atoms with E-state index in [1.54, 1.807) is 13.0 Å². The lowest BCUT2D eigenvalue weighted by Gasteiger charge is -2.11. The Bertz CT molecular complexity index is 498. The minimum Gasteiger partial charge on any atom is -0.462 e. The first-order valence-corrected chi connectivity index (χ1v) is 5.66. The number of hydrogen-bond donors (Lipinski definition) is 0. The molecule has 0 spiro atoms. The number of nitriles is 1. The Morgan fingerprint density at radius 1 is 1.56 bits per heavy atom. The maximum Gasteiger partial charge on any atom is 0.339 e. The normalized spacial score (nSPS) is 10.2. The molecule has 18 heavy (non-hydrogen) atoms. The van der Waals surface area contributed by atoms with Crippen LogP contribution in [0.3, 0.4) is 0 Å². The average Bonchev–Trinajstić information content (AvgIpc) is 2.37. The van der Waals surface area contributed by atoms with Gasteiger partial charge in [-0.1, -0.05) is 0 Å². The first-order chi connectivity index (χ1) is 8.54. The molecule has 1 rings (SSSR count). The van der Waals surface area contributed by atoms with Gasteiger partial charge in [0.05, 0.1) is 17.7 Å². The molecule has 1 aromatic carbocycles. The molecule has 1 aromatic rings. The summed E-state index contributed by atoms with van der Waals surface area (Å²) in [5.41, 5.74) is -0.704. The summed E-state index contributed by atoms with van der Waals surface area (Å²) in [6.45, 7) is 1.60. The van der Waals surface area contributed by atoms with Crippen LogP contribution in [0.2, 0.25) is 0 Å². The van der Waals surface area contributed by atoms with Crippen LogP contribution in [-0.2, 0) is 10.6 Å². The lowest BCUT2D eigenvalue weighted by molar-refractivity contribution is 0.0515. The Labute approximate surface area is 108 Å². The van der Waals surface area contributed by atoms with Gasteiger partial charge in [-0.15, -0.1) is 11.6 Å². The van der Waals surface area contributed by atoms with E-state index < -0.39 is 18.0 Å². The quantitative estimate of drug-likeness (QED) is 0.624. The molecule has 0 amide bonds. The number of nitrogens with zero attached hydrogens (tertiary/aromatic N) is 1. The van der Waals surface area contributed by atoms with Gasteiger partial charge >= 0.3 is 5.97 Å². The Morgan fingerprint density at radius 2 is 2.22 bits per heavy atom. The molecule has 0 heterocycles. The summed E-state index contributed by atoms with van der Waals surface area (Å²) in [6.07, 6.45) is -2.88. The van der Waals surface area contributed by atoms with Gasteiger partial charge in [0.25, 0.3) is 6.43 Å². The van der Waals surface area contributed by atoms with Crippen molar-refractivity contribution in [2.75, 3.05) is 6.61 Å². The van der Waals surface area contributed by atoms with E-state index in [9.17, 15) is 13.6 Å². The molecule has 0 aromatic heterocycles. The number of esters is 1. The second-order valence-electron chi connectivity index (χ2n) is 3.37. The topological polar surface area (TPSA) is 50.1 Å². The number of alkyl halides is 3. The van der Waals surface area contributed by atoms with Crippen molar-refractivity contribution in [3.63, 3.8) is 0 Å². The molecule has 0 unspecified atom stereocenters. The second-order valence-corrected chi connectivity index (χ2v) is 3.64. The fourth-order valence-electron chi connectivity index (χ4n) is 1.50. The molecule has 0 fully saturated rings. The Hall–Kier alpha value is -1.67. The van der Waals surface area contributed by atoms with E-state index in [0.29, 0.717) is 5.56 Å². The fourth-order valence-corrected chi connectivity index (χ4v) is 1.65. The van der Waals surface area contributed by atoms with Crippen molar-refractivity contribution in [3.8, 4) is 6.07 Å². The first-order valence-electron chi connectivity index (χ1n) is 5.13. The standard InChI is InChI=1S/C12H10ClF2NO2/c1-2-18-12(17)10-8(6-16)3-7(5-13)4-9(10)11(14)15/h3-4,11H,2,5H2,1H3. The van der Waals surface area contributed by atoms with Gasteiger partial charge in [-0.3, -0.25) is 0 Å². The van der Waals surface area contributed by atoms with E-state index in [1.165, 1.54) is 6.07 Å². The Morgan fingerprint density at radius 3 is 2.67 bits per heavy atom. The molecule has 0 aliphatic rings. The van der Waals surface area contributed by atoms with Gasteiger partial charge in [-0.2, -0.15) is 5.26 Å². The van der Waals surface area contributed by atoms with Gasteiger partial charge in [0.2, 0.25) is 0 Å². The molecule has 0 aliphatic heterocycles. The number of hydrogen-bond acceptors (Lipinski definition) is 3. The summed E-state index contributed by atoms with van der Waals surface area (Å²) >= 11 is 5.56. The molecule has 0 bridgehead atoms. The minimum atomic E-state index is -2.88. The molecular weight excluding hydrogens is 264 g/mol. The largest absolute Gasteiger partial charge is 0.462 e. The molecule has 0 radical (unpaired) electrons. The van der Waals surface area contributed by atoms with Crippen LogP contribution in [0.5, 0.6) is 0 Å². The van der Waals surface area contributed by atoms with Crippen LogP contribution >= 0.6 is 11.6 Å². The molecule has 0 atom stereocenters. The van der Waals surface area contributed by atoms with Crippen LogP contribution in [0.1, 0.15) is 40.4 Å². The lowest BCUT2D eigenvalue weighted by Crippen LogP contribution is -2.11. The van der Waals surface area contributed by atoms with Crippen LogP contribution in [0.25, 0.3) is 0 Å². The summed E-state index contributed by atoms with van der Waals surface area (Å²) in [4.78, 5) is 11.6. The maximum absolute atomic E-state index is 12.9. The van der Waals surface area contributed by atoms with Gasteiger partial charge in [-0.25, -0.2) is 13.6 Å². The molecule has 96 valence electrons. The van der Waals surface area contributed by atoms with Gasteiger partial charge in [-0.05, 0) is 24.6 Å². The zero-order chi connectivity index (χ0) is 13.7. The average molecular weight is 274 g/mol. The Balaban J connectivity index is 3.45. The fraction of sp³-hybridized carbons (Fsp3) is 0.333. The highest BCUT2D eigenvalue weighted by Gasteiger charge is 2.24.